The van der Waals surface area contributed by atoms with Crippen LogP contribution in [0.15, 0.2) is 72.9 Å². The Morgan fingerprint density at radius 3 is 0.813 bits per heavy atom. The van der Waals surface area contributed by atoms with Gasteiger partial charge < -0.3 is 14.2 Å². The van der Waals surface area contributed by atoms with Crippen molar-refractivity contribution in [1.82, 2.24) is 0 Å². The molecule has 0 radical (unpaired) electrons. The highest BCUT2D eigenvalue weighted by molar-refractivity contribution is 5.71. The van der Waals surface area contributed by atoms with E-state index in [9.17, 15) is 14.4 Å². The maximum atomic E-state index is 12.8. The molecule has 75 heavy (non-hydrogen) atoms. The van der Waals surface area contributed by atoms with Crippen LogP contribution < -0.4 is 0 Å². The van der Waals surface area contributed by atoms with Crippen molar-refractivity contribution in [1.29, 1.82) is 0 Å². The van der Waals surface area contributed by atoms with E-state index >= 15 is 0 Å². The fourth-order valence-electron chi connectivity index (χ4n) is 9.35. The Kier molecular flexibility index (Phi) is 60.7. The van der Waals surface area contributed by atoms with Gasteiger partial charge in [0, 0.05) is 19.3 Å². The van der Waals surface area contributed by atoms with E-state index in [2.05, 4.69) is 93.7 Å². The van der Waals surface area contributed by atoms with Gasteiger partial charge in [-0.25, -0.2) is 0 Å². The molecule has 0 amide bonds. The summed E-state index contributed by atoms with van der Waals surface area (Å²) >= 11 is 0. The van der Waals surface area contributed by atoms with Crippen molar-refractivity contribution < 1.29 is 28.6 Å². The number of unbranched alkanes of at least 4 members (excludes halogenated alkanes) is 36. The van der Waals surface area contributed by atoms with E-state index in [-0.39, 0.29) is 31.1 Å². The summed E-state index contributed by atoms with van der Waals surface area (Å²) in [5.74, 6) is -0.880. The second kappa shape index (κ2) is 63.4. The lowest BCUT2D eigenvalue weighted by Crippen LogP contribution is -2.30. The summed E-state index contributed by atoms with van der Waals surface area (Å²) in [6.45, 7) is 6.50. The number of carbonyl (C=O) groups is 3. The zero-order valence-electron chi connectivity index (χ0n) is 49.8. The number of hydrogen-bond acceptors (Lipinski definition) is 6. The van der Waals surface area contributed by atoms with E-state index in [4.69, 9.17) is 14.2 Å². The molecule has 6 heteroatoms. The van der Waals surface area contributed by atoms with Crippen LogP contribution in [0.3, 0.4) is 0 Å². The fraction of sp³-hybridized carbons (Fsp3) is 0.783. The minimum atomic E-state index is -0.776. The summed E-state index contributed by atoms with van der Waals surface area (Å²) in [7, 11) is 0. The summed E-state index contributed by atoms with van der Waals surface area (Å²) < 4.78 is 16.8. The average Bonchev–Trinajstić information content (AvgIpc) is 3.41. The number of allylic oxidation sites excluding steroid dienone is 12. The molecule has 0 rings (SSSR count). The molecular weight excluding hydrogens is 925 g/mol. The van der Waals surface area contributed by atoms with Gasteiger partial charge in [-0.15, -0.1) is 0 Å². The molecule has 0 aromatic rings. The Morgan fingerprint density at radius 2 is 0.520 bits per heavy atom. The van der Waals surface area contributed by atoms with Crippen LogP contribution in [0.25, 0.3) is 0 Å². The summed E-state index contributed by atoms with van der Waals surface area (Å²) in [5, 5.41) is 0. The molecule has 0 aromatic heterocycles. The SMILES string of the molecule is CC/C=C\C/C=C\C/C=C\CCCCCCCCCC(=O)OC(COC(=O)CCCCCCCCC)COC(=O)CCCCCCCCCCCCCCCCCCCC/C=C\C/C=C\C/C=C\CCCCCCC. The van der Waals surface area contributed by atoms with Gasteiger partial charge in [0.1, 0.15) is 13.2 Å². The molecule has 0 aromatic carbocycles. The monoisotopic (exact) mass is 1050 g/mol. The van der Waals surface area contributed by atoms with Crippen molar-refractivity contribution >= 4 is 17.9 Å². The van der Waals surface area contributed by atoms with E-state index in [1.54, 1.807) is 0 Å². The van der Waals surface area contributed by atoms with Crippen LogP contribution in [-0.4, -0.2) is 37.2 Å². The van der Waals surface area contributed by atoms with Crippen molar-refractivity contribution in [3.05, 3.63) is 72.9 Å². The Labute approximate surface area is 465 Å². The number of rotatable bonds is 59. The Bertz CT molecular complexity index is 1390. The minimum absolute atomic E-state index is 0.0760. The molecular formula is C69H122O6. The lowest BCUT2D eigenvalue weighted by molar-refractivity contribution is -0.167. The van der Waals surface area contributed by atoms with Crippen molar-refractivity contribution in [2.45, 2.75) is 335 Å². The predicted octanol–water partition coefficient (Wildman–Crippen LogP) is 22.1. The van der Waals surface area contributed by atoms with Crippen molar-refractivity contribution in [3.63, 3.8) is 0 Å². The first-order valence-corrected chi connectivity index (χ1v) is 32.4. The highest BCUT2D eigenvalue weighted by Gasteiger charge is 2.19. The molecule has 0 bridgehead atoms. The van der Waals surface area contributed by atoms with Gasteiger partial charge >= 0.3 is 17.9 Å². The molecule has 0 aliphatic heterocycles. The van der Waals surface area contributed by atoms with Crippen molar-refractivity contribution in [2.24, 2.45) is 0 Å². The number of ether oxygens (including phenoxy) is 3. The Balaban J connectivity index is 4.01. The molecule has 0 N–H and O–H groups in total. The lowest BCUT2D eigenvalue weighted by Gasteiger charge is -2.18. The third-order valence-electron chi connectivity index (χ3n) is 14.2. The molecule has 434 valence electrons. The first-order chi connectivity index (χ1) is 37.0. The van der Waals surface area contributed by atoms with Gasteiger partial charge in [-0.3, -0.25) is 14.4 Å². The van der Waals surface area contributed by atoms with Gasteiger partial charge in [0.25, 0.3) is 0 Å². The zero-order chi connectivity index (χ0) is 54.3. The standard InChI is InChI=1S/C69H122O6/c1-4-7-10-13-16-18-20-22-24-26-27-28-29-30-31-32-33-34-35-36-37-38-39-40-41-43-44-46-48-50-53-56-59-62-68(71)74-65-66(64-73-67(70)61-58-55-52-15-12-9-6-3)75-69(72)63-60-57-54-51-49-47-45-42-25-23-21-19-17-14-11-8-5-2/h8,11,17,19-20,22-23,25-27,29-30,66H,4-7,9-10,12-16,18,21,24,28,31-65H2,1-3H3/b11-8-,19-17-,22-20-,25-23-,27-26-,30-29-. The molecule has 6 nitrogen and oxygen atoms in total. The van der Waals surface area contributed by atoms with Crippen LogP contribution in [-0.2, 0) is 28.6 Å². The lowest BCUT2D eigenvalue weighted by atomic mass is 10.0. The minimum Gasteiger partial charge on any atom is -0.462 e. The predicted molar refractivity (Wildman–Crippen MR) is 325 cm³/mol. The molecule has 1 atom stereocenters. The highest BCUT2D eigenvalue weighted by atomic mass is 16.6. The van der Waals surface area contributed by atoms with Crippen molar-refractivity contribution in [2.75, 3.05) is 13.2 Å². The average molecular weight is 1050 g/mol. The van der Waals surface area contributed by atoms with Gasteiger partial charge in [-0.05, 0) is 89.9 Å². The van der Waals surface area contributed by atoms with Gasteiger partial charge in [0.05, 0.1) is 0 Å². The van der Waals surface area contributed by atoms with Gasteiger partial charge in [0.15, 0.2) is 6.10 Å². The molecule has 0 spiro atoms. The van der Waals surface area contributed by atoms with Gasteiger partial charge in [-0.1, -0.05) is 293 Å². The zero-order valence-corrected chi connectivity index (χ0v) is 49.8. The molecule has 0 saturated heterocycles. The van der Waals surface area contributed by atoms with Crippen LogP contribution in [0.5, 0.6) is 0 Å². The van der Waals surface area contributed by atoms with E-state index < -0.39 is 6.10 Å². The number of carbonyl (C=O) groups excluding carboxylic acids is 3. The molecule has 0 saturated carbocycles. The second-order valence-electron chi connectivity index (χ2n) is 21.6. The Hall–Kier alpha value is -3.15. The summed E-state index contributed by atoms with van der Waals surface area (Å²) in [5.41, 5.74) is 0. The topological polar surface area (TPSA) is 78.9 Å². The van der Waals surface area contributed by atoms with Crippen LogP contribution in [0.2, 0.25) is 0 Å². The van der Waals surface area contributed by atoms with E-state index in [1.165, 1.54) is 193 Å². The number of hydrogen-bond donors (Lipinski definition) is 0. The normalized spacial score (nSPS) is 12.5. The quantitative estimate of drug-likeness (QED) is 0.0261. The van der Waals surface area contributed by atoms with Crippen LogP contribution in [0.1, 0.15) is 329 Å². The van der Waals surface area contributed by atoms with Gasteiger partial charge in [0.2, 0.25) is 0 Å². The van der Waals surface area contributed by atoms with Gasteiger partial charge in [-0.2, -0.15) is 0 Å². The fourth-order valence-corrected chi connectivity index (χ4v) is 9.35. The molecule has 0 fully saturated rings. The number of esters is 3. The van der Waals surface area contributed by atoms with Crippen LogP contribution in [0.4, 0.5) is 0 Å². The largest absolute Gasteiger partial charge is 0.462 e. The molecule has 0 aliphatic rings. The van der Waals surface area contributed by atoms with Crippen molar-refractivity contribution in [3.8, 4) is 0 Å². The van der Waals surface area contributed by atoms with E-state index in [0.29, 0.717) is 19.3 Å². The third kappa shape index (κ3) is 61.6. The third-order valence-corrected chi connectivity index (χ3v) is 14.2. The maximum absolute atomic E-state index is 12.8. The summed E-state index contributed by atoms with van der Waals surface area (Å²) in [6, 6.07) is 0. The molecule has 1 unspecified atom stereocenters. The second-order valence-corrected chi connectivity index (χ2v) is 21.6. The first-order valence-electron chi connectivity index (χ1n) is 32.4. The highest BCUT2D eigenvalue weighted by Crippen LogP contribution is 2.17. The molecule has 0 heterocycles. The summed E-state index contributed by atoms with van der Waals surface area (Å²) in [4.78, 5) is 38.0. The van der Waals surface area contributed by atoms with E-state index in [0.717, 1.165) is 96.3 Å². The van der Waals surface area contributed by atoms with Crippen LogP contribution in [0, 0.1) is 0 Å². The Morgan fingerprint density at radius 1 is 0.280 bits per heavy atom. The first kappa shape index (κ1) is 71.8. The summed E-state index contributed by atoms with van der Waals surface area (Å²) in [6.07, 6.45) is 82.4. The van der Waals surface area contributed by atoms with E-state index in [1.807, 2.05) is 0 Å². The molecule has 0 aliphatic carbocycles. The maximum Gasteiger partial charge on any atom is 0.306 e. The smallest absolute Gasteiger partial charge is 0.306 e. The van der Waals surface area contributed by atoms with Crippen LogP contribution >= 0.6 is 0 Å².